The predicted molar refractivity (Wildman–Crippen MR) is 35.2 cm³/mol. The lowest BCUT2D eigenvalue weighted by Gasteiger charge is -2.09. The van der Waals surface area contributed by atoms with E-state index in [0.29, 0.717) is 0 Å². The molecule has 0 atom stereocenters. The third-order valence-electron chi connectivity index (χ3n) is 0.922. The Hall–Kier alpha value is -1.62. The summed E-state index contributed by atoms with van der Waals surface area (Å²) in [6, 6.07) is 0. The van der Waals surface area contributed by atoms with Gasteiger partial charge in [0.15, 0.2) is 0 Å². The van der Waals surface area contributed by atoms with E-state index in [4.69, 9.17) is 9.66 Å². The first kappa shape index (κ1) is 13.4. The number of esters is 2. The lowest BCUT2D eigenvalue weighted by Crippen LogP contribution is -2.41. The van der Waals surface area contributed by atoms with Gasteiger partial charge in [-0.05, 0) is 0 Å². The van der Waals surface area contributed by atoms with Gasteiger partial charge in [-0.25, -0.2) is 14.4 Å². The molecule has 0 amide bonds. The fraction of sp³-hybridized carbons (Fsp3) is 0.250. The van der Waals surface area contributed by atoms with E-state index in [-0.39, 0.29) is 0 Å². The first-order valence-electron chi connectivity index (χ1n) is 2.84. The monoisotopic (exact) mass is 248 g/mol. The molecular formula is C4H2F2O8S. The number of alkyl halides is 2. The van der Waals surface area contributed by atoms with Crippen molar-refractivity contribution in [3.05, 3.63) is 0 Å². The highest BCUT2D eigenvalue weighted by Gasteiger charge is 2.55. The zero-order chi connectivity index (χ0) is 12.4. The van der Waals surface area contributed by atoms with Crippen LogP contribution in [0.2, 0.25) is 0 Å². The molecular weight excluding hydrogens is 246 g/mol. The minimum absolute atomic E-state index is 2.38. The van der Waals surface area contributed by atoms with Gasteiger partial charge in [-0.3, -0.25) is 4.55 Å². The molecule has 0 aromatic rings. The van der Waals surface area contributed by atoms with Crippen molar-refractivity contribution in [3.8, 4) is 0 Å². The van der Waals surface area contributed by atoms with Crippen molar-refractivity contribution < 1.29 is 46.0 Å². The minimum atomic E-state index is -6.13. The van der Waals surface area contributed by atoms with Crippen molar-refractivity contribution in [2.24, 2.45) is 0 Å². The molecule has 0 fully saturated rings. The molecule has 8 nitrogen and oxygen atoms in total. The Bertz CT molecular complexity index is 408. The highest BCUT2D eigenvalue weighted by atomic mass is 32.2. The Labute approximate surface area is 80.2 Å². The van der Waals surface area contributed by atoms with Crippen LogP contribution >= 0.6 is 0 Å². The quantitative estimate of drug-likeness (QED) is 0.264. The average Bonchev–Trinajstić information content (AvgIpc) is 2.01. The zero-order valence-corrected chi connectivity index (χ0v) is 7.32. The number of aliphatic carboxylic acids is 1. The molecule has 0 saturated carbocycles. The van der Waals surface area contributed by atoms with Gasteiger partial charge in [-0.15, -0.1) is 0 Å². The van der Waals surface area contributed by atoms with Gasteiger partial charge in [-0.2, -0.15) is 17.2 Å². The molecule has 0 heterocycles. The van der Waals surface area contributed by atoms with Crippen molar-refractivity contribution in [2.75, 3.05) is 0 Å². The van der Waals surface area contributed by atoms with Crippen LogP contribution in [0.15, 0.2) is 0 Å². The van der Waals surface area contributed by atoms with Crippen molar-refractivity contribution in [1.29, 1.82) is 0 Å². The van der Waals surface area contributed by atoms with E-state index in [2.05, 4.69) is 4.74 Å². The predicted octanol–water partition coefficient (Wildman–Crippen LogP) is -1.38. The summed E-state index contributed by atoms with van der Waals surface area (Å²) in [6.45, 7) is 0. The number of carbonyl (C=O) groups is 3. The molecule has 0 aromatic carbocycles. The van der Waals surface area contributed by atoms with Crippen LogP contribution < -0.4 is 0 Å². The van der Waals surface area contributed by atoms with Gasteiger partial charge >= 0.3 is 33.3 Å². The number of hydrogen-bond donors (Lipinski definition) is 2. The second-order valence-corrected chi connectivity index (χ2v) is 3.44. The van der Waals surface area contributed by atoms with E-state index in [1.54, 1.807) is 0 Å². The number of carbonyl (C=O) groups excluding carboxylic acids is 2. The van der Waals surface area contributed by atoms with Gasteiger partial charge in [0.05, 0.1) is 0 Å². The van der Waals surface area contributed by atoms with Crippen molar-refractivity contribution >= 4 is 28.0 Å². The van der Waals surface area contributed by atoms with Gasteiger partial charge in [0.2, 0.25) is 0 Å². The Kier molecular flexibility index (Phi) is 3.44. The summed E-state index contributed by atoms with van der Waals surface area (Å²) in [7, 11) is -6.13. The molecule has 0 spiro atoms. The van der Waals surface area contributed by atoms with E-state index < -0.39 is 33.3 Å². The normalized spacial score (nSPS) is 11.9. The van der Waals surface area contributed by atoms with Gasteiger partial charge in [-0.1, -0.05) is 0 Å². The molecule has 0 aliphatic carbocycles. The van der Waals surface area contributed by atoms with Crippen LogP contribution in [-0.4, -0.2) is 41.2 Å². The maximum absolute atomic E-state index is 12.3. The maximum Gasteiger partial charge on any atom is 0.466 e. The summed E-state index contributed by atoms with van der Waals surface area (Å²) in [5.74, 6) is -7.78. The fourth-order valence-corrected chi connectivity index (χ4v) is 0.545. The van der Waals surface area contributed by atoms with Crippen LogP contribution in [0.4, 0.5) is 8.78 Å². The van der Waals surface area contributed by atoms with E-state index in [1.165, 1.54) is 0 Å². The molecule has 0 aliphatic heterocycles. The Balaban J connectivity index is 4.91. The molecule has 0 unspecified atom stereocenters. The molecule has 0 rings (SSSR count). The Morgan fingerprint density at radius 2 is 1.60 bits per heavy atom. The summed E-state index contributed by atoms with van der Waals surface area (Å²) in [5.41, 5.74) is 0. The molecule has 0 aliphatic rings. The maximum atomic E-state index is 12.3. The van der Waals surface area contributed by atoms with Crippen LogP contribution in [0, 0.1) is 0 Å². The van der Waals surface area contributed by atoms with Gasteiger partial charge in [0, 0.05) is 0 Å². The van der Waals surface area contributed by atoms with E-state index >= 15 is 0 Å². The summed E-state index contributed by atoms with van der Waals surface area (Å²) in [4.78, 5) is 30.0. The SMILES string of the molecule is O=C(O)C(=O)OC(=O)C(F)(F)S(=O)(=O)O. The number of hydrogen-bond acceptors (Lipinski definition) is 6. The lowest BCUT2D eigenvalue weighted by atomic mass is 10.6. The van der Waals surface area contributed by atoms with E-state index in [1.807, 2.05) is 0 Å². The summed E-state index contributed by atoms with van der Waals surface area (Å²) >= 11 is 0. The third-order valence-corrected chi connectivity index (χ3v) is 1.74. The zero-order valence-electron chi connectivity index (χ0n) is 6.51. The second kappa shape index (κ2) is 3.86. The number of halogens is 2. The smallest absolute Gasteiger partial charge is 0.466 e. The average molecular weight is 248 g/mol. The number of ether oxygens (including phenoxy) is 1. The van der Waals surface area contributed by atoms with Crippen molar-refractivity contribution in [3.63, 3.8) is 0 Å². The molecule has 0 saturated heterocycles. The molecule has 2 N–H and O–H groups in total. The Morgan fingerprint density at radius 3 is 1.87 bits per heavy atom. The number of carboxylic acids is 1. The van der Waals surface area contributed by atoms with Gasteiger partial charge < -0.3 is 9.84 Å². The summed E-state index contributed by atoms with van der Waals surface area (Å²) in [6.07, 6.45) is 0. The minimum Gasteiger partial charge on any atom is -0.473 e. The second-order valence-electron chi connectivity index (χ2n) is 1.97. The van der Waals surface area contributed by atoms with Crippen LogP contribution in [-0.2, 0) is 29.2 Å². The Morgan fingerprint density at radius 1 is 1.20 bits per heavy atom. The highest BCUT2D eigenvalue weighted by Crippen LogP contribution is 2.22. The standard InChI is InChI=1S/C4H2F2O8S/c5-4(6,15(11,12)13)3(10)14-2(9)1(7)8/h(H,7,8)(H,11,12,13). The van der Waals surface area contributed by atoms with Gasteiger partial charge in [0.1, 0.15) is 0 Å². The van der Waals surface area contributed by atoms with Gasteiger partial charge in [0.25, 0.3) is 0 Å². The largest absolute Gasteiger partial charge is 0.473 e. The molecule has 0 aromatic heterocycles. The molecule has 0 radical (unpaired) electrons. The van der Waals surface area contributed by atoms with E-state index in [9.17, 15) is 31.6 Å². The van der Waals surface area contributed by atoms with E-state index in [0.717, 1.165) is 0 Å². The fourth-order valence-electron chi connectivity index (χ4n) is 0.293. The highest BCUT2D eigenvalue weighted by molar-refractivity contribution is 7.87. The molecule has 86 valence electrons. The van der Waals surface area contributed by atoms with Crippen molar-refractivity contribution in [1.82, 2.24) is 0 Å². The topological polar surface area (TPSA) is 135 Å². The first-order valence-corrected chi connectivity index (χ1v) is 4.28. The molecule has 11 heteroatoms. The lowest BCUT2D eigenvalue weighted by molar-refractivity contribution is -0.178. The van der Waals surface area contributed by atoms with Crippen molar-refractivity contribution in [2.45, 2.75) is 5.25 Å². The number of rotatable bonds is 2. The van der Waals surface area contributed by atoms with Crippen LogP contribution in [0.5, 0.6) is 0 Å². The first-order chi connectivity index (χ1) is 6.50. The van der Waals surface area contributed by atoms with Crippen LogP contribution in [0.3, 0.4) is 0 Å². The molecule has 0 bridgehead atoms. The molecule has 15 heavy (non-hydrogen) atoms. The third kappa shape index (κ3) is 2.92. The van der Waals surface area contributed by atoms with Crippen LogP contribution in [0.1, 0.15) is 0 Å². The van der Waals surface area contributed by atoms with Crippen LogP contribution in [0.25, 0.3) is 0 Å². The number of carboxylic acid groups (broad SMARTS) is 1. The summed E-state index contributed by atoms with van der Waals surface area (Å²) < 4.78 is 55.1. The summed E-state index contributed by atoms with van der Waals surface area (Å²) in [5, 5.41) is 2.41.